The molecule has 8 nitrogen and oxygen atoms in total. The molecule has 0 saturated heterocycles. The van der Waals surface area contributed by atoms with Crippen LogP contribution in [0.4, 0.5) is 10.5 Å². The highest BCUT2D eigenvalue weighted by atomic mass is 32.2. The number of nitrogens with zero attached hydrogens (tertiary/aromatic N) is 2. The summed E-state index contributed by atoms with van der Waals surface area (Å²) in [5.74, 6) is 0.452. The molecule has 2 N–H and O–H groups in total. The number of fused-ring (bicyclic) bond motifs is 1. The second-order valence-electron chi connectivity index (χ2n) is 8.51. The van der Waals surface area contributed by atoms with E-state index in [0.29, 0.717) is 18.1 Å². The fourth-order valence-electron chi connectivity index (χ4n) is 4.23. The van der Waals surface area contributed by atoms with Gasteiger partial charge in [-0.1, -0.05) is 24.3 Å². The minimum Gasteiger partial charge on any atom is -0.481 e. The number of aryl methyl sites for hydroxylation is 1. The predicted molar refractivity (Wildman–Crippen MR) is 131 cm³/mol. The number of hydrogen-bond donors (Lipinski definition) is 2. The van der Waals surface area contributed by atoms with Crippen molar-refractivity contribution in [2.75, 3.05) is 26.5 Å². The van der Waals surface area contributed by atoms with E-state index in [-0.39, 0.29) is 4.90 Å². The van der Waals surface area contributed by atoms with Crippen molar-refractivity contribution in [3.05, 3.63) is 71.4 Å². The molecule has 0 aliphatic heterocycles. The number of sulfonamides is 1. The molecule has 34 heavy (non-hydrogen) atoms. The molecule has 1 aliphatic carbocycles. The van der Waals surface area contributed by atoms with E-state index in [0.717, 1.165) is 47.1 Å². The number of ether oxygens (including phenoxy) is 1. The van der Waals surface area contributed by atoms with E-state index in [4.69, 9.17) is 4.74 Å². The number of aromatic nitrogens is 1. The fourth-order valence-corrected chi connectivity index (χ4v) is 5.21. The van der Waals surface area contributed by atoms with Gasteiger partial charge in [0.1, 0.15) is 0 Å². The Bertz CT molecular complexity index is 1320. The third-order valence-corrected chi connectivity index (χ3v) is 7.04. The molecule has 3 aromatic rings. The quantitative estimate of drug-likeness (QED) is 0.533. The molecule has 9 heteroatoms. The lowest BCUT2D eigenvalue weighted by Gasteiger charge is -2.17. The minimum atomic E-state index is -4.05. The molecule has 2 amide bonds. The molecule has 4 rings (SSSR count). The van der Waals surface area contributed by atoms with E-state index in [1.54, 1.807) is 31.5 Å². The standard InChI is InChI=1S/C25H28N4O4S/c1-29(2)16-17-6-4-8-20(14-17)34(31,32)28-25(30)27-24-21-9-5-7-18(21)10-11-22(24)19-12-13-26-23(15-19)33-3/h4,6,8,10-15H,5,7,9,16H2,1-3H3,(H2,27,28,30). The first kappa shape index (κ1) is 23.7. The average Bonchev–Trinajstić information content (AvgIpc) is 3.28. The lowest BCUT2D eigenvalue weighted by Crippen LogP contribution is -2.34. The molecule has 2 aromatic carbocycles. The second-order valence-corrected chi connectivity index (χ2v) is 10.2. The summed E-state index contributed by atoms with van der Waals surface area (Å²) in [6, 6.07) is 13.4. The SMILES string of the molecule is COc1cc(-c2ccc3c(c2NC(=O)NS(=O)(=O)c2cccc(CN(C)C)c2)CCC3)ccn1. The van der Waals surface area contributed by atoms with Gasteiger partial charge in [0.25, 0.3) is 10.0 Å². The lowest BCUT2D eigenvalue weighted by atomic mass is 9.98. The number of carbonyl (C=O) groups excluding carboxylic acids is 1. The van der Waals surface area contributed by atoms with Crippen molar-refractivity contribution in [1.82, 2.24) is 14.6 Å². The number of amides is 2. The van der Waals surface area contributed by atoms with E-state index in [1.165, 1.54) is 6.07 Å². The minimum absolute atomic E-state index is 0.0411. The van der Waals surface area contributed by atoms with E-state index in [2.05, 4.69) is 21.1 Å². The van der Waals surface area contributed by atoms with Crippen LogP contribution in [-0.2, 0) is 29.4 Å². The van der Waals surface area contributed by atoms with Gasteiger partial charge in [-0.3, -0.25) is 0 Å². The molecular weight excluding hydrogens is 452 g/mol. The Morgan fingerprint density at radius 3 is 2.71 bits per heavy atom. The maximum absolute atomic E-state index is 12.9. The molecule has 178 valence electrons. The van der Waals surface area contributed by atoms with Gasteiger partial charge in [-0.05, 0) is 73.8 Å². The molecular formula is C25H28N4O4S. The first-order valence-corrected chi connectivity index (χ1v) is 12.5. The van der Waals surface area contributed by atoms with Gasteiger partial charge in [0.2, 0.25) is 5.88 Å². The van der Waals surface area contributed by atoms with Gasteiger partial charge in [-0.2, -0.15) is 0 Å². The van der Waals surface area contributed by atoms with Crippen LogP contribution in [0.3, 0.4) is 0 Å². The maximum atomic E-state index is 12.9. The third kappa shape index (κ3) is 5.21. The Labute approximate surface area is 200 Å². The van der Waals surface area contributed by atoms with Gasteiger partial charge < -0.3 is 15.0 Å². The van der Waals surface area contributed by atoms with Crippen LogP contribution >= 0.6 is 0 Å². The van der Waals surface area contributed by atoms with Crippen molar-refractivity contribution >= 4 is 21.7 Å². The van der Waals surface area contributed by atoms with E-state index in [9.17, 15) is 13.2 Å². The normalized spacial score (nSPS) is 12.9. The van der Waals surface area contributed by atoms with Gasteiger partial charge in [0.05, 0.1) is 17.7 Å². The number of carbonyl (C=O) groups is 1. The molecule has 0 atom stereocenters. The molecule has 0 saturated carbocycles. The van der Waals surface area contributed by atoms with Crippen LogP contribution in [-0.4, -0.2) is 45.5 Å². The highest BCUT2D eigenvalue weighted by molar-refractivity contribution is 7.90. The van der Waals surface area contributed by atoms with Crippen molar-refractivity contribution in [3.8, 4) is 17.0 Å². The van der Waals surface area contributed by atoms with Crippen LogP contribution in [0.1, 0.15) is 23.1 Å². The Hall–Kier alpha value is -3.43. The molecule has 1 aromatic heterocycles. The summed E-state index contributed by atoms with van der Waals surface area (Å²) < 4.78 is 33.3. The second kappa shape index (κ2) is 9.82. The summed E-state index contributed by atoms with van der Waals surface area (Å²) >= 11 is 0. The molecule has 1 heterocycles. The topological polar surface area (TPSA) is 101 Å². The molecule has 0 unspecified atom stereocenters. The van der Waals surface area contributed by atoms with Gasteiger partial charge in [0, 0.05) is 24.4 Å². The van der Waals surface area contributed by atoms with Crippen LogP contribution in [0.5, 0.6) is 5.88 Å². The van der Waals surface area contributed by atoms with Crippen LogP contribution in [0, 0.1) is 0 Å². The Morgan fingerprint density at radius 1 is 1.12 bits per heavy atom. The Balaban J connectivity index is 1.62. The number of rotatable bonds is 7. The van der Waals surface area contributed by atoms with Gasteiger partial charge in [-0.25, -0.2) is 22.9 Å². The number of benzene rings is 2. The zero-order valence-corrected chi connectivity index (χ0v) is 20.3. The summed E-state index contributed by atoms with van der Waals surface area (Å²) in [5.41, 5.74) is 5.21. The average molecular weight is 481 g/mol. The highest BCUT2D eigenvalue weighted by Gasteiger charge is 2.23. The molecule has 0 spiro atoms. The fraction of sp³-hybridized carbons (Fsp3) is 0.280. The zero-order valence-electron chi connectivity index (χ0n) is 19.5. The van der Waals surface area contributed by atoms with Crippen LogP contribution in [0.15, 0.2) is 59.6 Å². The van der Waals surface area contributed by atoms with Crippen molar-refractivity contribution in [3.63, 3.8) is 0 Å². The Morgan fingerprint density at radius 2 is 1.94 bits per heavy atom. The number of methoxy groups -OCH3 is 1. The first-order chi connectivity index (χ1) is 16.3. The first-order valence-electron chi connectivity index (χ1n) is 11.0. The van der Waals surface area contributed by atoms with Gasteiger partial charge in [0.15, 0.2) is 0 Å². The summed E-state index contributed by atoms with van der Waals surface area (Å²) in [6.45, 7) is 0.588. The third-order valence-electron chi connectivity index (χ3n) is 5.71. The van der Waals surface area contributed by atoms with Gasteiger partial charge >= 0.3 is 6.03 Å². The molecule has 1 aliphatic rings. The smallest absolute Gasteiger partial charge is 0.333 e. The molecule has 0 bridgehead atoms. The van der Waals surface area contributed by atoms with Crippen molar-refractivity contribution in [1.29, 1.82) is 0 Å². The largest absolute Gasteiger partial charge is 0.481 e. The number of anilines is 1. The predicted octanol–water partition coefficient (Wildman–Crippen LogP) is 3.82. The number of hydrogen-bond acceptors (Lipinski definition) is 6. The number of pyridine rings is 1. The summed E-state index contributed by atoms with van der Waals surface area (Å²) in [4.78, 5) is 19.1. The Kier molecular flexibility index (Phi) is 6.85. The molecule has 0 radical (unpaired) electrons. The monoisotopic (exact) mass is 480 g/mol. The van der Waals surface area contributed by atoms with Crippen molar-refractivity contribution < 1.29 is 17.9 Å². The van der Waals surface area contributed by atoms with Crippen LogP contribution in [0.25, 0.3) is 11.1 Å². The molecule has 0 fully saturated rings. The van der Waals surface area contributed by atoms with E-state index in [1.807, 2.05) is 37.2 Å². The van der Waals surface area contributed by atoms with Crippen LogP contribution in [0.2, 0.25) is 0 Å². The maximum Gasteiger partial charge on any atom is 0.333 e. The zero-order chi connectivity index (χ0) is 24.3. The lowest BCUT2D eigenvalue weighted by molar-refractivity contribution is 0.256. The summed E-state index contributed by atoms with van der Waals surface area (Å²) in [6.07, 6.45) is 4.34. The summed E-state index contributed by atoms with van der Waals surface area (Å²) in [5, 5.41) is 2.82. The van der Waals surface area contributed by atoms with Crippen LogP contribution < -0.4 is 14.8 Å². The van der Waals surface area contributed by atoms with Crippen molar-refractivity contribution in [2.24, 2.45) is 0 Å². The van der Waals surface area contributed by atoms with Gasteiger partial charge in [-0.15, -0.1) is 0 Å². The summed E-state index contributed by atoms with van der Waals surface area (Å²) in [7, 11) is 1.30. The van der Waals surface area contributed by atoms with Crippen molar-refractivity contribution in [2.45, 2.75) is 30.7 Å². The van der Waals surface area contributed by atoms with E-state index >= 15 is 0 Å². The number of nitrogens with one attached hydrogen (secondary N) is 2. The van der Waals surface area contributed by atoms with E-state index < -0.39 is 16.1 Å². The number of urea groups is 1. The highest BCUT2D eigenvalue weighted by Crippen LogP contribution is 2.38.